The molecule has 0 saturated heterocycles. The molecule has 2 rings (SSSR count). The number of rotatable bonds is 2. The molecule has 1 heterocycles. The van der Waals surface area contributed by atoms with Crippen molar-refractivity contribution < 1.29 is 17.9 Å². The van der Waals surface area contributed by atoms with Gasteiger partial charge in [-0.3, -0.25) is 0 Å². The van der Waals surface area contributed by atoms with Crippen molar-refractivity contribution in [2.24, 2.45) is 10.6 Å². The number of primary sulfonamides is 1. The zero-order valence-electron chi connectivity index (χ0n) is 10.7. The van der Waals surface area contributed by atoms with Crippen LogP contribution in [0.15, 0.2) is 17.0 Å². The third-order valence-electron chi connectivity index (χ3n) is 2.94. The van der Waals surface area contributed by atoms with Crippen molar-refractivity contribution in [3.8, 4) is 11.5 Å². The van der Waals surface area contributed by atoms with Crippen molar-refractivity contribution in [3.05, 3.63) is 17.7 Å². The molecule has 0 aromatic heterocycles. The largest absolute Gasteiger partial charge is 0.495 e. The third-order valence-corrected chi connectivity index (χ3v) is 3.89. The highest BCUT2D eigenvalue weighted by Crippen LogP contribution is 2.41. The topological polar surface area (TPSA) is 78.6 Å². The summed E-state index contributed by atoms with van der Waals surface area (Å²) in [5, 5.41) is 5.24. The molecule has 18 heavy (non-hydrogen) atoms. The maximum absolute atomic E-state index is 11.7. The van der Waals surface area contributed by atoms with Crippen LogP contribution in [-0.4, -0.2) is 22.1 Å². The van der Waals surface area contributed by atoms with Gasteiger partial charge in [-0.1, -0.05) is 19.9 Å². The Morgan fingerprint density at radius 2 is 2.06 bits per heavy atom. The first-order valence-electron chi connectivity index (χ1n) is 5.60. The quantitative estimate of drug-likeness (QED) is 0.879. The van der Waals surface area contributed by atoms with Gasteiger partial charge in [-0.25, -0.2) is 13.6 Å². The van der Waals surface area contributed by atoms with Gasteiger partial charge < -0.3 is 9.47 Å². The van der Waals surface area contributed by atoms with Crippen LogP contribution in [-0.2, 0) is 16.4 Å². The van der Waals surface area contributed by atoms with Crippen LogP contribution in [0, 0.1) is 5.41 Å². The van der Waals surface area contributed by atoms with E-state index in [-0.39, 0.29) is 16.1 Å². The molecule has 1 aromatic carbocycles. The minimum Gasteiger partial charge on any atom is -0.495 e. The molecule has 1 aromatic rings. The van der Waals surface area contributed by atoms with Crippen molar-refractivity contribution >= 4 is 10.0 Å². The lowest BCUT2D eigenvalue weighted by molar-refractivity contribution is 0.149. The second-order valence-electron chi connectivity index (χ2n) is 5.26. The number of ether oxygens (including phenoxy) is 2. The lowest BCUT2D eigenvalue weighted by atomic mass is 9.84. The first kappa shape index (κ1) is 13.2. The van der Waals surface area contributed by atoms with E-state index in [1.165, 1.54) is 7.11 Å². The summed E-state index contributed by atoms with van der Waals surface area (Å²) in [4.78, 5) is -0.0574. The van der Waals surface area contributed by atoms with Crippen LogP contribution >= 0.6 is 0 Å². The molecular formula is C12H17NO4S. The van der Waals surface area contributed by atoms with Gasteiger partial charge in [0.1, 0.15) is 11.5 Å². The summed E-state index contributed by atoms with van der Waals surface area (Å²) >= 11 is 0. The van der Waals surface area contributed by atoms with E-state index < -0.39 is 10.0 Å². The first-order chi connectivity index (χ1) is 8.24. The summed E-state index contributed by atoms with van der Waals surface area (Å²) in [5.74, 6) is 0.548. The highest BCUT2D eigenvalue weighted by atomic mass is 32.2. The van der Waals surface area contributed by atoms with E-state index in [1.807, 2.05) is 6.07 Å². The van der Waals surface area contributed by atoms with Crippen molar-refractivity contribution in [2.45, 2.75) is 25.2 Å². The van der Waals surface area contributed by atoms with Crippen LogP contribution in [0.2, 0.25) is 0 Å². The Bertz CT molecular complexity index is 578. The average molecular weight is 271 g/mol. The molecule has 0 aliphatic carbocycles. The van der Waals surface area contributed by atoms with Gasteiger partial charge in [0.2, 0.25) is 10.0 Å². The Balaban J connectivity index is 2.65. The number of methoxy groups -OCH3 is 1. The van der Waals surface area contributed by atoms with Crippen LogP contribution in [0.5, 0.6) is 11.5 Å². The SMILES string of the molecule is COc1ccc2c(c1S(N)(=O)=O)OCC(C)(C)C2. The minimum absolute atomic E-state index is 0.0166. The van der Waals surface area contributed by atoms with Gasteiger partial charge in [0, 0.05) is 5.41 Å². The summed E-state index contributed by atoms with van der Waals surface area (Å²) in [6, 6.07) is 3.44. The summed E-state index contributed by atoms with van der Waals surface area (Å²) < 4.78 is 34.0. The molecule has 1 aliphatic heterocycles. The fourth-order valence-electron chi connectivity index (χ4n) is 2.15. The second kappa shape index (κ2) is 4.13. The molecule has 1 aliphatic rings. The number of hydrogen-bond donors (Lipinski definition) is 1. The van der Waals surface area contributed by atoms with E-state index in [4.69, 9.17) is 14.6 Å². The normalized spacial score (nSPS) is 17.8. The minimum atomic E-state index is -3.87. The fourth-order valence-corrected chi connectivity index (χ4v) is 3.03. The summed E-state index contributed by atoms with van der Waals surface area (Å²) in [6.07, 6.45) is 0.745. The van der Waals surface area contributed by atoms with E-state index in [9.17, 15) is 8.42 Å². The van der Waals surface area contributed by atoms with E-state index >= 15 is 0 Å². The standard InChI is InChI=1S/C12H17NO4S/c1-12(2)6-8-4-5-9(16-3)11(18(13,14)15)10(8)17-7-12/h4-5H,6-7H2,1-3H3,(H2,13,14,15). The average Bonchev–Trinajstić information content (AvgIpc) is 2.24. The first-order valence-corrected chi connectivity index (χ1v) is 7.15. The molecular weight excluding hydrogens is 254 g/mol. The predicted molar refractivity (Wildman–Crippen MR) is 67.3 cm³/mol. The molecule has 0 bridgehead atoms. The monoisotopic (exact) mass is 271 g/mol. The van der Waals surface area contributed by atoms with Crippen LogP contribution in [0.1, 0.15) is 19.4 Å². The highest BCUT2D eigenvalue weighted by Gasteiger charge is 2.32. The Labute approximate surface area is 107 Å². The summed E-state index contributed by atoms with van der Waals surface area (Å²) in [5.41, 5.74) is 0.827. The van der Waals surface area contributed by atoms with Crippen LogP contribution in [0.4, 0.5) is 0 Å². The molecule has 0 spiro atoms. The van der Waals surface area contributed by atoms with Gasteiger partial charge in [-0.15, -0.1) is 0 Å². The van der Waals surface area contributed by atoms with Crippen molar-refractivity contribution in [1.82, 2.24) is 0 Å². The Morgan fingerprint density at radius 3 is 2.61 bits per heavy atom. The number of nitrogens with two attached hydrogens (primary N) is 1. The zero-order chi connectivity index (χ0) is 13.6. The van der Waals surface area contributed by atoms with Gasteiger partial charge in [-0.05, 0) is 18.1 Å². The lowest BCUT2D eigenvalue weighted by Crippen LogP contribution is -2.30. The van der Waals surface area contributed by atoms with Gasteiger partial charge in [0.25, 0.3) is 0 Å². The molecule has 2 N–H and O–H groups in total. The van der Waals surface area contributed by atoms with Gasteiger partial charge in [-0.2, -0.15) is 0 Å². The molecule has 0 atom stereocenters. The van der Waals surface area contributed by atoms with Gasteiger partial charge >= 0.3 is 0 Å². The Morgan fingerprint density at radius 1 is 1.39 bits per heavy atom. The number of fused-ring (bicyclic) bond motifs is 1. The van der Waals surface area contributed by atoms with E-state index in [2.05, 4.69) is 13.8 Å². The van der Waals surface area contributed by atoms with Crippen molar-refractivity contribution in [3.63, 3.8) is 0 Å². The molecule has 0 unspecified atom stereocenters. The highest BCUT2D eigenvalue weighted by molar-refractivity contribution is 7.89. The van der Waals surface area contributed by atoms with Crippen LogP contribution < -0.4 is 14.6 Å². The third kappa shape index (κ3) is 2.30. The molecule has 0 saturated carbocycles. The molecule has 5 nitrogen and oxygen atoms in total. The van der Waals surface area contributed by atoms with Crippen molar-refractivity contribution in [1.29, 1.82) is 0 Å². The zero-order valence-corrected chi connectivity index (χ0v) is 11.5. The Kier molecular flexibility index (Phi) is 3.03. The predicted octanol–water partition coefficient (Wildman–Crippen LogP) is 1.30. The maximum Gasteiger partial charge on any atom is 0.245 e. The van der Waals surface area contributed by atoms with Gasteiger partial charge in [0.15, 0.2) is 4.90 Å². The van der Waals surface area contributed by atoms with E-state index in [0.717, 1.165) is 12.0 Å². The van der Waals surface area contributed by atoms with E-state index in [0.29, 0.717) is 12.4 Å². The smallest absolute Gasteiger partial charge is 0.245 e. The number of benzene rings is 1. The van der Waals surface area contributed by atoms with Crippen LogP contribution in [0.3, 0.4) is 0 Å². The molecule has 100 valence electrons. The summed E-state index contributed by atoms with van der Waals surface area (Å²) in [7, 11) is -2.47. The lowest BCUT2D eigenvalue weighted by Gasteiger charge is -2.32. The maximum atomic E-state index is 11.7. The number of hydrogen-bond acceptors (Lipinski definition) is 4. The fraction of sp³-hybridized carbons (Fsp3) is 0.500. The van der Waals surface area contributed by atoms with Gasteiger partial charge in [0.05, 0.1) is 13.7 Å². The molecule has 0 amide bonds. The van der Waals surface area contributed by atoms with Crippen molar-refractivity contribution in [2.75, 3.05) is 13.7 Å². The molecule has 0 fully saturated rings. The second-order valence-corrected chi connectivity index (χ2v) is 6.76. The molecule has 0 radical (unpaired) electrons. The van der Waals surface area contributed by atoms with E-state index in [1.54, 1.807) is 6.07 Å². The van der Waals surface area contributed by atoms with Crippen LogP contribution in [0.25, 0.3) is 0 Å². The molecule has 6 heteroatoms. The summed E-state index contributed by atoms with van der Waals surface area (Å²) in [6.45, 7) is 4.59. The number of sulfonamides is 1. The Hall–Kier alpha value is -1.27.